The van der Waals surface area contributed by atoms with E-state index in [0.717, 1.165) is 15.9 Å². The Balaban J connectivity index is 2.15. The Labute approximate surface area is 235 Å². The molecule has 39 heavy (non-hydrogen) atoms. The molecular formula is C32H32NO4PS. The third kappa shape index (κ3) is 5.98. The maximum absolute atomic E-state index is 14.3. The van der Waals surface area contributed by atoms with E-state index < -0.39 is 24.4 Å². The van der Waals surface area contributed by atoms with Crippen molar-refractivity contribution in [2.75, 3.05) is 18.9 Å². The van der Waals surface area contributed by atoms with Gasteiger partial charge in [-0.15, -0.1) is 11.8 Å². The summed E-state index contributed by atoms with van der Waals surface area (Å²) in [5, 5.41) is 16.4. The molecule has 0 radical (unpaired) electrons. The van der Waals surface area contributed by atoms with Crippen molar-refractivity contribution in [2.45, 2.75) is 24.0 Å². The number of carbonyl (C=O) groups is 1. The molecule has 0 aromatic heterocycles. The second-order valence-corrected chi connectivity index (χ2v) is 13.1. The van der Waals surface area contributed by atoms with Gasteiger partial charge in [0.1, 0.15) is 28.5 Å². The molecule has 0 spiro atoms. The second-order valence-electron chi connectivity index (χ2n) is 8.57. The van der Waals surface area contributed by atoms with E-state index in [9.17, 15) is 9.90 Å². The summed E-state index contributed by atoms with van der Waals surface area (Å²) in [6.45, 7) is 3.86. The first kappa shape index (κ1) is 28.3. The van der Waals surface area contributed by atoms with Crippen LogP contribution in [0.1, 0.15) is 13.8 Å². The van der Waals surface area contributed by atoms with Gasteiger partial charge in [0.2, 0.25) is 0 Å². The first-order valence-corrected chi connectivity index (χ1v) is 15.5. The van der Waals surface area contributed by atoms with Crippen LogP contribution in [-0.4, -0.2) is 24.4 Å². The third-order valence-corrected chi connectivity index (χ3v) is 12.0. The number of hydrogen-bond acceptors (Lipinski definition) is 6. The van der Waals surface area contributed by atoms with Gasteiger partial charge in [0.15, 0.2) is 5.25 Å². The van der Waals surface area contributed by atoms with Crippen LogP contribution in [0, 0.1) is 0 Å². The Morgan fingerprint density at radius 2 is 1.18 bits per heavy atom. The minimum Gasteiger partial charge on any atom is -0.611 e. The highest BCUT2D eigenvalue weighted by Crippen LogP contribution is 2.66. The summed E-state index contributed by atoms with van der Waals surface area (Å²) in [5.41, 5.74) is 6.85. The van der Waals surface area contributed by atoms with Crippen LogP contribution in [0.3, 0.4) is 0 Å². The zero-order valence-electron chi connectivity index (χ0n) is 22.0. The molecule has 4 rings (SSSR count). The molecule has 4 aromatic rings. The standard InChI is InChI=1S/C32H32NO4PS/c1-3-36-31(34)29(30(32(35)37-4-2)39-28-23-15-14-22-27(28)33)38(24-16-8-5-9-17-24,25-18-10-6-11-19-25)26-20-12-7-13-21-26/h5-23,30H,3-4,33H2,1-2H3/b31-29-. The fourth-order valence-corrected chi connectivity index (χ4v) is 10.6. The summed E-state index contributed by atoms with van der Waals surface area (Å²) >= 11 is 1.23. The van der Waals surface area contributed by atoms with Crippen LogP contribution in [0.2, 0.25) is 0 Å². The lowest BCUT2D eigenvalue weighted by molar-refractivity contribution is -0.357. The molecular weight excluding hydrogens is 525 g/mol. The molecule has 2 N–H and O–H groups in total. The topological polar surface area (TPSA) is 84.6 Å². The Morgan fingerprint density at radius 3 is 1.62 bits per heavy atom. The molecule has 0 saturated heterocycles. The lowest BCUT2D eigenvalue weighted by atomic mass is 10.3. The number of nitrogen functional groups attached to an aromatic ring is 1. The number of hydrogen-bond donors (Lipinski definition) is 1. The molecule has 0 aliphatic carbocycles. The quantitative estimate of drug-likeness (QED) is 0.0933. The normalized spacial score (nSPS) is 12.8. The summed E-state index contributed by atoms with van der Waals surface area (Å²) in [5.74, 6) is -1.04. The van der Waals surface area contributed by atoms with Gasteiger partial charge in [0, 0.05) is 10.6 Å². The van der Waals surface area contributed by atoms with E-state index in [-0.39, 0.29) is 13.2 Å². The highest BCUT2D eigenvalue weighted by atomic mass is 32.2. The number of benzene rings is 4. The molecule has 1 atom stereocenters. The number of esters is 1. The van der Waals surface area contributed by atoms with Gasteiger partial charge in [0.25, 0.3) is 0 Å². The monoisotopic (exact) mass is 557 g/mol. The number of rotatable bonds is 11. The lowest BCUT2D eigenvalue weighted by Gasteiger charge is -2.35. The number of carbonyl (C=O) groups excluding carboxylic acids is 1. The smallest absolute Gasteiger partial charge is 0.327 e. The largest absolute Gasteiger partial charge is 0.611 e. The fourth-order valence-electron chi connectivity index (χ4n) is 4.59. The Bertz CT molecular complexity index is 1300. The van der Waals surface area contributed by atoms with Crippen LogP contribution in [-0.2, 0) is 14.3 Å². The fraction of sp³-hybridized carbons (Fsp3) is 0.156. The average Bonchev–Trinajstić information content (AvgIpc) is 2.97. The predicted octanol–water partition coefficient (Wildman–Crippen LogP) is 4.85. The number of ether oxygens (including phenoxy) is 2. The zero-order valence-corrected chi connectivity index (χ0v) is 23.7. The molecule has 4 aromatic carbocycles. The molecule has 0 saturated carbocycles. The van der Waals surface area contributed by atoms with Crippen LogP contribution < -0.4 is 26.8 Å². The second kappa shape index (κ2) is 13.4. The number of anilines is 1. The molecule has 0 aliphatic rings. The zero-order chi connectivity index (χ0) is 27.7. The van der Waals surface area contributed by atoms with Crippen molar-refractivity contribution >= 4 is 46.6 Å². The molecule has 0 amide bonds. The van der Waals surface area contributed by atoms with Crippen molar-refractivity contribution in [3.63, 3.8) is 0 Å². The van der Waals surface area contributed by atoms with Gasteiger partial charge < -0.3 is 20.3 Å². The number of nitrogens with two attached hydrogens (primary N) is 1. The van der Waals surface area contributed by atoms with Crippen LogP contribution in [0.15, 0.2) is 131 Å². The van der Waals surface area contributed by atoms with E-state index in [1.807, 2.05) is 109 Å². The number of para-hydroxylation sites is 1. The summed E-state index contributed by atoms with van der Waals surface area (Å²) < 4.78 is 11.4. The van der Waals surface area contributed by atoms with Gasteiger partial charge in [-0.1, -0.05) is 73.7 Å². The van der Waals surface area contributed by atoms with Crippen LogP contribution >= 0.6 is 19.0 Å². The lowest BCUT2D eigenvalue weighted by Crippen LogP contribution is -2.39. The molecule has 0 heterocycles. The summed E-state index contributed by atoms with van der Waals surface area (Å²) in [7, 11) is -2.96. The van der Waals surface area contributed by atoms with Crippen molar-refractivity contribution < 1.29 is 19.4 Å². The Hall–Kier alpha value is -3.73. The van der Waals surface area contributed by atoms with Gasteiger partial charge in [0.05, 0.1) is 12.6 Å². The van der Waals surface area contributed by atoms with Gasteiger partial charge in [-0.3, -0.25) is 4.79 Å². The van der Waals surface area contributed by atoms with E-state index in [1.54, 1.807) is 19.9 Å². The third-order valence-electron chi connectivity index (χ3n) is 6.19. The van der Waals surface area contributed by atoms with Gasteiger partial charge in [-0.2, -0.15) is 0 Å². The summed E-state index contributed by atoms with van der Waals surface area (Å²) in [6.07, 6.45) is 0. The molecule has 0 bridgehead atoms. The van der Waals surface area contributed by atoms with Gasteiger partial charge >= 0.3 is 5.97 Å². The van der Waals surface area contributed by atoms with E-state index in [4.69, 9.17) is 15.2 Å². The minimum atomic E-state index is -2.96. The van der Waals surface area contributed by atoms with Crippen LogP contribution in [0.25, 0.3) is 0 Å². The van der Waals surface area contributed by atoms with Gasteiger partial charge in [-0.05, 0) is 62.1 Å². The summed E-state index contributed by atoms with van der Waals surface area (Å²) in [6, 6.07) is 37.1. The average molecular weight is 558 g/mol. The predicted molar refractivity (Wildman–Crippen MR) is 161 cm³/mol. The molecule has 1 unspecified atom stereocenters. The van der Waals surface area contributed by atoms with Crippen LogP contribution in [0.5, 0.6) is 0 Å². The maximum Gasteiger partial charge on any atom is 0.327 e. The molecule has 0 aliphatic heterocycles. The van der Waals surface area contributed by atoms with Crippen molar-refractivity contribution in [1.82, 2.24) is 0 Å². The first-order valence-electron chi connectivity index (χ1n) is 12.8. The van der Waals surface area contributed by atoms with Crippen molar-refractivity contribution in [3.05, 3.63) is 127 Å². The Morgan fingerprint density at radius 1 is 0.744 bits per heavy atom. The van der Waals surface area contributed by atoms with E-state index >= 15 is 0 Å². The van der Waals surface area contributed by atoms with E-state index in [2.05, 4.69) is 0 Å². The van der Waals surface area contributed by atoms with Crippen molar-refractivity contribution in [3.8, 4) is 0 Å². The molecule has 5 nitrogen and oxygen atoms in total. The first-order chi connectivity index (χ1) is 19.0. The number of thioether (sulfide) groups is 1. The molecule has 7 heteroatoms. The SMILES string of the molecule is CCOC(=O)C(Sc1ccccc1N)/C(=C(\[O-])OCC)[P+](c1ccccc1)(c1ccccc1)c1ccccc1. The molecule has 0 fully saturated rings. The van der Waals surface area contributed by atoms with Crippen molar-refractivity contribution in [1.29, 1.82) is 0 Å². The highest BCUT2D eigenvalue weighted by Gasteiger charge is 2.55. The Kier molecular flexibility index (Phi) is 9.69. The van der Waals surface area contributed by atoms with Gasteiger partial charge in [-0.25, -0.2) is 0 Å². The van der Waals surface area contributed by atoms with Crippen LogP contribution in [0.4, 0.5) is 5.69 Å². The van der Waals surface area contributed by atoms with E-state index in [0.29, 0.717) is 15.9 Å². The maximum atomic E-state index is 14.3. The van der Waals surface area contributed by atoms with E-state index in [1.165, 1.54) is 11.8 Å². The summed E-state index contributed by atoms with van der Waals surface area (Å²) in [4.78, 5) is 14.5. The molecule has 200 valence electrons. The minimum absolute atomic E-state index is 0.161. The van der Waals surface area contributed by atoms with Crippen molar-refractivity contribution in [2.24, 2.45) is 0 Å². The highest BCUT2D eigenvalue weighted by molar-refractivity contribution is 8.04.